The molecule has 160 valence electrons. The number of aromatic hydroxyl groups is 1. The van der Waals surface area contributed by atoms with E-state index in [1.807, 2.05) is 34.9 Å². The summed E-state index contributed by atoms with van der Waals surface area (Å²) in [6, 6.07) is 9.73. The molecule has 1 heterocycles. The van der Waals surface area contributed by atoms with Crippen LogP contribution in [0.3, 0.4) is 0 Å². The predicted molar refractivity (Wildman–Crippen MR) is 119 cm³/mol. The SMILES string of the molecule is CC(=O)SCC(Cc1ccccc1)n1c(O)cn(C23CC4CC(CC(C4)C2)C3)c1=O. The first-order valence-electron chi connectivity index (χ1n) is 11.1. The van der Waals surface area contributed by atoms with Gasteiger partial charge in [0.25, 0.3) is 0 Å². The summed E-state index contributed by atoms with van der Waals surface area (Å²) >= 11 is 1.22. The minimum Gasteiger partial charge on any atom is -0.493 e. The van der Waals surface area contributed by atoms with Crippen LogP contribution in [0.5, 0.6) is 5.88 Å². The number of hydrogen-bond donors (Lipinski definition) is 1. The molecule has 1 aromatic heterocycles. The molecule has 1 aromatic carbocycles. The van der Waals surface area contributed by atoms with E-state index in [9.17, 15) is 14.7 Å². The molecule has 0 spiro atoms. The van der Waals surface area contributed by atoms with Crippen molar-refractivity contribution in [2.45, 2.75) is 63.5 Å². The summed E-state index contributed by atoms with van der Waals surface area (Å²) < 4.78 is 3.42. The van der Waals surface area contributed by atoms with Crippen molar-refractivity contribution in [1.29, 1.82) is 0 Å². The summed E-state index contributed by atoms with van der Waals surface area (Å²) in [7, 11) is 0. The number of imidazole rings is 1. The fourth-order valence-corrected chi connectivity index (χ4v) is 7.51. The van der Waals surface area contributed by atoms with Crippen molar-refractivity contribution in [3.8, 4) is 5.88 Å². The molecule has 1 atom stereocenters. The van der Waals surface area contributed by atoms with Crippen molar-refractivity contribution in [1.82, 2.24) is 9.13 Å². The van der Waals surface area contributed by atoms with Gasteiger partial charge in [-0.15, -0.1) is 0 Å². The highest BCUT2D eigenvalue weighted by Gasteiger charge is 2.52. The molecule has 0 radical (unpaired) electrons. The fourth-order valence-electron chi connectivity index (χ4n) is 6.81. The Morgan fingerprint density at radius 3 is 2.30 bits per heavy atom. The third-order valence-electron chi connectivity index (χ3n) is 7.58. The maximum absolute atomic E-state index is 13.7. The molecular formula is C24H30N2O3S. The Hall–Kier alpha value is -1.95. The number of benzene rings is 1. The second-order valence-corrected chi connectivity index (χ2v) is 11.0. The minimum atomic E-state index is -0.260. The predicted octanol–water partition coefficient (Wildman–Crippen LogP) is 4.34. The third kappa shape index (κ3) is 3.53. The van der Waals surface area contributed by atoms with Crippen molar-refractivity contribution in [3.05, 3.63) is 52.6 Å². The smallest absolute Gasteiger partial charge is 0.331 e. The first-order chi connectivity index (χ1) is 14.4. The monoisotopic (exact) mass is 426 g/mol. The van der Waals surface area contributed by atoms with Crippen LogP contribution < -0.4 is 5.69 Å². The van der Waals surface area contributed by atoms with Crippen molar-refractivity contribution in [2.75, 3.05) is 5.75 Å². The first kappa shape index (κ1) is 20.0. The number of hydrogen-bond acceptors (Lipinski definition) is 4. The van der Waals surface area contributed by atoms with Crippen LogP contribution in [-0.4, -0.2) is 25.1 Å². The van der Waals surface area contributed by atoms with Gasteiger partial charge in [0.05, 0.1) is 17.8 Å². The maximum Gasteiger partial charge on any atom is 0.331 e. The van der Waals surface area contributed by atoms with E-state index in [0.717, 1.165) is 42.6 Å². The zero-order valence-corrected chi connectivity index (χ0v) is 18.3. The Morgan fingerprint density at radius 2 is 1.73 bits per heavy atom. The van der Waals surface area contributed by atoms with E-state index in [0.29, 0.717) is 12.2 Å². The quantitative estimate of drug-likeness (QED) is 0.746. The van der Waals surface area contributed by atoms with Crippen LogP contribution in [0.4, 0.5) is 0 Å². The molecule has 2 aromatic rings. The van der Waals surface area contributed by atoms with E-state index in [-0.39, 0.29) is 28.3 Å². The Morgan fingerprint density at radius 1 is 1.13 bits per heavy atom. The molecule has 0 saturated heterocycles. The van der Waals surface area contributed by atoms with Crippen molar-refractivity contribution in [2.24, 2.45) is 17.8 Å². The van der Waals surface area contributed by atoms with E-state index < -0.39 is 0 Å². The number of carbonyl (C=O) groups is 1. The number of thioether (sulfide) groups is 1. The van der Waals surface area contributed by atoms with E-state index in [4.69, 9.17) is 0 Å². The molecule has 4 fully saturated rings. The first-order valence-corrected chi connectivity index (χ1v) is 12.1. The Kier molecular flexibility index (Phi) is 5.08. The van der Waals surface area contributed by atoms with Crippen molar-refractivity contribution < 1.29 is 9.90 Å². The highest BCUT2D eigenvalue weighted by Crippen LogP contribution is 2.58. The average Bonchev–Trinajstić information content (AvgIpc) is 3.00. The summed E-state index contributed by atoms with van der Waals surface area (Å²) in [5, 5.41) is 10.9. The van der Waals surface area contributed by atoms with Gasteiger partial charge in [0.2, 0.25) is 5.88 Å². The summed E-state index contributed by atoms with van der Waals surface area (Å²) in [5.41, 5.74) is 0.861. The van der Waals surface area contributed by atoms with Gasteiger partial charge in [-0.2, -0.15) is 0 Å². The lowest BCUT2D eigenvalue weighted by molar-refractivity contribution is -0.109. The van der Waals surface area contributed by atoms with E-state index in [2.05, 4.69) is 0 Å². The molecule has 4 bridgehead atoms. The second-order valence-electron chi connectivity index (χ2n) is 9.80. The van der Waals surface area contributed by atoms with E-state index in [1.54, 1.807) is 17.7 Å². The third-order valence-corrected chi connectivity index (χ3v) is 8.54. The maximum atomic E-state index is 13.7. The van der Waals surface area contributed by atoms with Gasteiger partial charge >= 0.3 is 5.69 Å². The lowest BCUT2D eigenvalue weighted by atomic mass is 9.53. The Labute approximate surface area is 181 Å². The van der Waals surface area contributed by atoms with Crippen LogP contribution in [0.15, 0.2) is 41.3 Å². The zero-order chi connectivity index (χ0) is 20.9. The van der Waals surface area contributed by atoms with Gasteiger partial charge in [-0.05, 0) is 68.3 Å². The molecule has 0 aliphatic heterocycles. The second kappa shape index (κ2) is 7.63. The van der Waals surface area contributed by atoms with Crippen molar-refractivity contribution >= 4 is 16.9 Å². The van der Waals surface area contributed by atoms with Gasteiger partial charge < -0.3 is 5.11 Å². The van der Waals surface area contributed by atoms with Crippen molar-refractivity contribution in [3.63, 3.8) is 0 Å². The van der Waals surface area contributed by atoms with Crippen LogP contribution >= 0.6 is 11.8 Å². The average molecular weight is 427 g/mol. The standard InChI is InChI=1S/C24H30N2O3S/c1-16(27)30-15-21(10-17-5-3-2-4-6-17)26-22(28)14-25(23(26)29)24-11-18-7-19(12-24)9-20(8-18)13-24/h2-6,14,18-21,28H,7-13,15H2,1H3. The normalized spacial score (nSPS) is 30.5. The van der Waals surface area contributed by atoms with Crippen LogP contribution in [0.1, 0.15) is 57.1 Å². The summed E-state index contributed by atoms with van der Waals surface area (Å²) in [4.78, 5) is 25.3. The van der Waals surface area contributed by atoms with Gasteiger partial charge in [0, 0.05) is 12.7 Å². The van der Waals surface area contributed by atoms with E-state index >= 15 is 0 Å². The largest absolute Gasteiger partial charge is 0.493 e. The highest BCUT2D eigenvalue weighted by molar-refractivity contribution is 8.13. The van der Waals surface area contributed by atoms with E-state index in [1.165, 1.54) is 31.0 Å². The molecule has 30 heavy (non-hydrogen) atoms. The molecule has 1 unspecified atom stereocenters. The van der Waals surface area contributed by atoms with Gasteiger partial charge in [0.15, 0.2) is 5.12 Å². The zero-order valence-electron chi connectivity index (χ0n) is 17.5. The number of aromatic nitrogens is 2. The number of carbonyl (C=O) groups excluding carboxylic acids is 1. The van der Waals surface area contributed by atoms with Crippen LogP contribution in [-0.2, 0) is 16.8 Å². The van der Waals surface area contributed by atoms with Gasteiger partial charge in [0.1, 0.15) is 0 Å². The lowest BCUT2D eigenvalue weighted by Gasteiger charge is -2.56. The van der Waals surface area contributed by atoms with Crippen LogP contribution in [0.25, 0.3) is 0 Å². The molecule has 6 rings (SSSR count). The highest BCUT2D eigenvalue weighted by atomic mass is 32.2. The molecule has 4 saturated carbocycles. The summed E-state index contributed by atoms with van der Waals surface area (Å²) in [6.45, 7) is 1.55. The molecule has 0 amide bonds. The van der Waals surface area contributed by atoms with Crippen LogP contribution in [0.2, 0.25) is 0 Å². The van der Waals surface area contributed by atoms with Gasteiger partial charge in [-0.3, -0.25) is 13.9 Å². The Bertz CT molecular complexity index is 958. The summed E-state index contributed by atoms with van der Waals surface area (Å²) in [5.74, 6) is 2.68. The molecule has 1 N–H and O–H groups in total. The lowest BCUT2D eigenvalue weighted by Crippen LogP contribution is -2.54. The molecule has 5 nitrogen and oxygen atoms in total. The Balaban J connectivity index is 1.50. The molecule has 6 heteroatoms. The summed E-state index contributed by atoms with van der Waals surface area (Å²) in [6.07, 6.45) is 9.42. The number of rotatable bonds is 6. The van der Waals surface area contributed by atoms with Gasteiger partial charge in [-0.25, -0.2) is 4.79 Å². The van der Waals surface area contributed by atoms with Gasteiger partial charge in [-0.1, -0.05) is 42.1 Å². The molecular weight excluding hydrogens is 396 g/mol. The molecule has 4 aliphatic rings. The minimum absolute atomic E-state index is 0.0285. The fraction of sp³-hybridized carbons (Fsp3) is 0.583. The van der Waals surface area contributed by atoms with Crippen LogP contribution in [0, 0.1) is 17.8 Å². The topological polar surface area (TPSA) is 64.2 Å². The number of nitrogens with zero attached hydrogens (tertiary/aromatic N) is 2. The molecule has 4 aliphatic carbocycles.